The van der Waals surface area contributed by atoms with Crippen molar-refractivity contribution in [2.45, 2.75) is 45.3 Å². The summed E-state index contributed by atoms with van der Waals surface area (Å²) in [6.07, 6.45) is 2.84. The zero-order valence-corrected chi connectivity index (χ0v) is 22.2. The van der Waals surface area contributed by atoms with Gasteiger partial charge >= 0.3 is 0 Å². The molecule has 3 rings (SSSR count). The fraction of sp³-hybridized carbons (Fsp3) is 0.333. The number of nitrogens with two attached hydrogens (primary N) is 1. The molecule has 7 N–H and O–H groups in total. The van der Waals surface area contributed by atoms with Crippen LogP contribution >= 0.6 is 0 Å². The number of carbonyl (C=O) groups excluding carboxylic acids is 1. The maximum Gasteiger partial charge on any atom is 0.300 e. The van der Waals surface area contributed by atoms with Gasteiger partial charge in [-0.05, 0) is 85.3 Å². The van der Waals surface area contributed by atoms with Crippen molar-refractivity contribution < 1.29 is 34.8 Å². The number of aryl methyl sites for hydroxylation is 1. The Morgan fingerprint density at radius 3 is 2.36 bits per heavy atom. The number of carboxylic acids is 1. The molecule has 0 fully saturated rings. The van der Waals surface area contributed by atoms with Crippen molar-refractivity contribution in [2.24, 2.45) is 5.73 Å². The third-order valence-corrected chi connectivity index (χ3v) is 5.85. The average Bonchev–Trinajstić information content (AvgIpc) is 2.91. The molecule has 1 amide bonds. The second-order valence-electron chi connectivity index (χ2n) is 9.05. The largest absolute Gasteiger partial charge is 0.508 e. The fourth-order valence-electron chi connectivity index (χ4n) is 3.78. The lowest BCUT2D eigenvalue weighted by Crippen LogP contribution is -2.23. The van der Waals surface area contributed by atoms with Gasteiger partial charge in [-0.2, -0.15) is 0 Å². The van der Waals surface area contributed by atoms with Crippen molar-refractivity contribution in [2.75, 3.05) is 19.7 Å². The maximum atomic E-state index is 11.3. The molecule has 210 valence electrons. The highest BCUT2D eigenvalue weighted by Crippen LogP contribution is 2.22. The molecule has 0 saturated carbocycles. The topological polar surface area (TPSA) is 162 Å². The lowest BCUT2D eigenvalue weighted by molar-refractivity contribution is -0.134. The first-order valence-corrected chi connectivity index (χ1v) is 12.8. The van der Waals surface area contributed by atoms with Gasteiger partial charge in [0.05, 0.1) is 19.3 Å². The van der Waals surface area contributed by atoms with E-state index >= 15 is 0 Å². The van der Waals surface area contributed by atoms with E-state index in [9.17, 15) is 20.1 Å². The van der Waals surface area contributed by atoms with Crippen LogP contribution in [0.2, 0.25) is 0 Å². The quantitative estimate of drug-likeness (QED) is 0.170. The lowest BCUT2D eigenvalue weighted by atomic mass is 10.1. The third kappa shape index (κ3) is 12.0. The van der Waals surface area contributed by atoms with E-state index in [0.717, 1.165) is 43.9 Å². The number of carbonyl (C=O) groups is 2. The van der Waals surface area contributed by atoms with Crippen LogP contribution in [-0.2, 0) is 24.2 Å². The van der Waals surface area contributed by atoms with E-state index < -0.39 is 18.0 Å². The highest BCUT2D eigenvalue weighted by Gasteiger charge is 2.10. The molecule has 3 aromatic carbocycles. The third-order valence-electron chi connectivity index (χ3n) is 5.85. The predicted molar refractivity (Wildman–Crippen MR) is 149 cm³/mol. The van der Waals surface area contributed by atoms with Gasteiger partial charge in [0.1, 0.15) is 11.5 Å². The normalized spacial score (nSPS) is 11.3. The summed E-state index contributed by atoms with van der Waals surface area (Å²) in [7, 11) is 0. The van der Waals surface area contributed by atoms with E-state index in [2.05, 4.69) is 5.32 Å². The Labute approximate surface area is 228 Å². The Morgan fingerprint density at radius 2 is 1.69 bits per heavy atom. The van der Waals surface area contributed by atoms with Crippen molar-refractivity contribution in [3.8, 4) is 11.5 Å². The summed E-state index contributed by atoms with van der Waals surface area (Å²) < 4.78 is 5.84. The smallest absolute Gasteiger partial charge is 0.300 e. The minimum Gasteiger partial charge on any atom is -0.508 e. The number of rotatable bonds is 14. The summed E-state index contributed by atoms with van der Waals surface area (Å²) in [4.78, 5) is 20.3. The van der Waals surface area contributed by atoms with E-state index in [-0.39, 0.29) is 12.4 Å². The molecule has 0 aliphatic heterocycles. The van der Waals surface area contributed by atoms with Crippen LogP contribution in [0.4, 0.5) is 0 Å². The zero-order valence-electron chi connectivity index (χ0n) is 22.2. The van der Waals surface area contributed by atoms with E-state index in [1.807, 2.05) is 42.5 Å². The summed E-state index contributed by atoms with van der Waals surface area (Å²) >= 11 is 0. The molecule has 3 aromatic rings. The van der Waals surface area contributed by atoms with Crippen LogP contribution in [0.3, 0.4) is 0 Å². The molecule has 0 spiro atoms. The van der Waals surface area contributed by atoms with Gasteiger partial charge in [-0.15, -0.1) is 0 Å². The van der Waals surface area contributed by atoms with Gasteiger partial charge in [0, 0.05) is 24.6 Å². The van der Waals surface area contributed by atoms with E-state index in [1.165, 1.54) is 11.6 Å². The molecule has 0 aliphatic carbocycles. The van der Waals surface area contributed by atoms with Crippen molar-refractivity contribution in [1.82, 2.24) is 5.32 Å². The highest BCUT2D eigenvalue weighted by atomic mass is 16.5. The van der Waals surface area contributed by atoms with Crippen LogP contribution in [0.25, 0.3) is 0 Å². The summed E-state index contributed by atoms with van der Waals surface area (Å²) in [6, 6.07) is 20.2. The summed E-state index contributed by atoms with van der Waals surface area (Å²) in [5, 5.41) is 39.9. The monoisotopic (exact) mass is 538 g/mol. The summed E-state index contributed by atoms with van der Waals surface area (Å²) in [5.74, 6) is -0.380. The summed E-state index contributed by atoms with van der Waals surface area (Å²) in [5.41, 5.74) is 9.19. The first-order valence-electron chi connectivity index (χ1n) is 12.8. The molecule has 0 radical (unpaired) electrons. The second kappa shape index (κ2) is 16.8. The van der Waals surface area contributed by atoms with Crippen molar-refractivity contribution in [1.29, 1.82) is 0 Å². The number of ether oxygens (including phenoxy) is 1. The maximum absolute atomic E-state index is 11.3. The number of carboxylic acid groups (broad SMARTS) is 1. The number of nitrogens with one attached hydrogen (secondary N) is 1. The van der Waals surface area contributed by atoms with Crippen LogP contribution < -0.4 is 15.8 Å². The number of aliphatic carboxylic acids is 1. The molecular formula is C30H38N2O7. The number of phenols is 1. The van der Waals surface area contributed by atoms with Gasteiger partial charge in [0.2, 0.25) is 5.91 Å². The standard InChI is InChI=1S/C28H34N2O5.C2H4O2/c29-28(34)23-6-3-5-21(16-23)4-1-2-15-35-25-10-7-20(8-11-25)13-14-30-18-27(33)22-9-12-26(32)24(17-22)19-31;1-2(3)4/h3,5-12,16-17,27,30-33H,1-2,4,13-15,18-19H2,(H2,29,34);1H3,(H,3,4)/t27-;/m0./s1. The molecule has 9 nitrogen and oxygen atoms in total. The van der Waals surface area contributed by atoms with Gasteiger partial charge in [-0.3, -0.25) is 9.59 Å². The number of aliphatic hydroxyl groups excluding tert-OH is 2. The van der Waals surface area contributed by atoms with E-state index in [4.69, 9.17) is 20.4 Å². The van der Waals surface area contributed by atoms with Crippen LogP contribution in [0.1, 0.15) is 58.5 Å². The number of hydrogen-bond acceptors (Lipinski definition) is 7. The number of benzene rings is 3. The number of primary amides is 1. The molecule has 0 aliphatic rings. The Hall–Kier alpha value is -3.92. The lowest BCUT2D eigenvalue weighted by Gasteiger charge is -2.14. The number of aliphatic hydroxyl groups is 2. The molecular weight excluding hydrogens is 500 g/mol. The van der Waals surface area contributed by atoms with Crippen molar-refractivity contribution >= 4 is 11.9 Å². The van der Waals surface area contributed by atoms with Gasteiger partial charge in [-0.1, -0.05) is 30.3 Å². The van der Waals surface area contributed by atoms with Crippen LogP contribution in [0.5, 0.6) is 11.5 Å². The first kappa shape index (κ1) is 31.3. The zero-order chi connectivity index (χ0) is 28.6. The van der Waals surface area contributed by atoms with Gasteiger partial charge in [-0.25, -0.2) is 0 Å². The first-order chi connectivity index (χ1) is 18.7. The molecule has 0 saturated heterocycles. The average molecular weight is 539 g/mol. The Bertz CT molecular complexity index is 1180. The molecule has 0 unspecified atom stereocenters. The Balaban J connectivity index is 0.00000124. The highest BCUT2D eigenvalue weighted by molar-refractivity contribution is 5.92. The fourth-order valence-corrected chi connectivity index (χ4v) is 3.78. The minimum absolute atomic E-state index is 0.0242. The van der Waals surface area contributed by atoms with Crippen LogP contribution in [0, 0.1) is 0 Å². The summed E-state index contributed by atoms with van der Waals surface area (Å²) in [6.45, 7) is 2.53. The molecule has 9 heteroatoms. The van der Waals surface area contributed by atoms with Gasteiger partial charge in [0.15, 0.2) is 0 Å². The van der Waals surface area contributed by atoms with Crippen LogP contribution in [0.15, 0.2) is 66.7 Å². The van der Waals surface area contributed by atoms with Gasteiger partial charge in [0.25, 0.3) is 5.97 Å². The number of hydrogen-bond donors (Lipinski definition) is 6. The molecule has 39 heavy (non-hydrogen) atoms. The predicted octanol–water partition coefficient (Wildman–Crippen LogP) is 3.34. The van der Waals surface area contributed by atoms with Crippen LogP contribution in [-0.4, -0.2) is 52.0 Å². The van der Waals surface area contributed by atoms with Gasteiger partial charge < -0.3 is 36.2 Å². The molecule has 1 atom stereocenters. The molecule has 0 aromatic heterocycles. The Kier molecular flexibility index (Phi) is 13.5. The van der Waals surface area contributed by atoms with Crippen molar-refractivity contribution in [3.05, 3.63) is 94.5 Å². The minimum atomic E-state index is -0.833. The second-order valence-corrected chi connectivity index (χ2v) is 9.05. The SMILES string of the molecule is CC(=O)O.NC(=O)c1cccc(CCCCOc2ccc(CCNC[C@H](O)c3ccc(O)c(CO)c3)cc2)c1. The molecule has 0 bridgehead atoms. The number of unbranched alkanes of at least 4 members (excludes halogenated alkanes) is 1. The number of aromatic hydroxyl groups is 1. The van der Waals surface area contributed by atoms with Crippen molar-refractivity contribution in [3.63, 3.8) is 0 Å². The number of amides is 1. The molecule has 0 heterocycles. The van der Waals surface area contributed by atoms with E-state index in [1.54, 1.807) is 18.2 Å². The van der Waals surface area contributed by atoms with E-state index in [0.29, 0.717) is 36.4 Å². The Morgan fingerprint density at radius 1 is 0.974 bits per heavy atom.